The Morgan fingerprint density at radius 1 is 1.41 bits per heavy atom. The van der Waals surface area contributed by atoms with E-state index in [1.165, 1.54) is 0 Å². The molecule has 0 amide bonds. The molecule has 17 heavy (non-hydrogen) atoms. The van der Waals surface area contributed by atoms with Gasteiger partial charge in [0.25, 0.3) is 10.1 Å². The van der Waals surface area contributed by atoms with E-state index in [1.54, 1.807) is 6.08 Å². The number of hydrogen-bond acceptors (Lipinski definition) is 5. The van der Waals surface area contributed by atoms with Crippen molar-refractivity contribution in [3.63, 3.8) is 0 Å². The quantitative estimate of drug-likeness (QED) is 0.413. The predicted octanol–water partition coefficient (Wildman–Crippen LogP) is 1.45. The Bertz CT molecular complexity index is 360. The van der Waals surface area contributed by atoms with Crippen molar-refractivity contribution in [2.45, 2.75) is 44.7 Å². The lowest BCUT2D eigenvalue weighted by atomic mass is 10.1. The first-order valence-electron chi connectivity index (χ1n) is 5.56. The maximum atomic E-state index is 10.8. The Balaban J connectivity index is 2.34. The van der Waals surface area contributed by atoms with Crippen LogP contribution in [0, 0.1) is 0 Å². The summed E-state index contributed by atoms with van der Waals surface area (Å²) >= 11 is 0. The molecule has 1 saturated heterocycles. The summed E-state index contributed by atoms with van der Waals surface area (Å²) in [5.41, 5.74) is 0. The lowest BCUT2D eigenvalue weighted by Gasteiger charge is -2.16. The molecule has 0 spiro atoms. The van der Waals surface area contributed by atoms with Crippen LogP contribution in [0.3, 0.4) is 0 Å². The van der Waals surface area contributed by atoms with Gasteiger partial charge in [-0.25, -0.2) is 0 Å². The zero-order valence-electron chi connectivity index (χ0n) is 10.5. The summed E-state index contributed by atoms with van der Waals surface area (Å²) in [4.78, 5) is 0. The molecule has 0 aromatic heterocycles. The molecular weight excluding hydrogens is 244 g/mol. The first kappa shape index (κ1) is 14.6. The summed E-state index contributed by atoms with van der Waals surface area (Å²) in [7, 11) is -3.35. The van der Waals surface area contributed by atoms with E-state index in [4.69, 9.17) is 9.47 Å². The fourth-order valence-electron chi connectivity index (χ4n) is 1.78. The molecule has 0 radical (unpaired) electrons. The monoisotopic (exact) mass is 264 g/mol. The van der Waals surface area contributed by atoms with E-state index >= 15 is 0 Å². The van der Waals surface area contributed by atoms with Crippen LogP contribution in [0.4, 0.5) is 0 Å². The van der Waals surface area contributed by atoms with E-state index in [2.05, 4.69) is 10.8 Å². The molecule has 5 nitrogen and oxygen atoms in total. The Morgan fingerprint density at radius 2 is 2.06 bits per heavy atom. The van der Waals surface area contributed by atoms with Crippen LogP contribution in [0.2, 0.25) is 0 Å². The molecule has 0 aromatic carbocycles. The fraction of sp³-hybridized carbons (Fsp3) is 0.818. The third-order valence-electron chi connectivity index (χ3n) is 2.38. The number of rotatable bonds is 6. The van der Waals surface area contributed by atoms with Gasteiger partial charge in [0.2, 0.25) is 0 Å². The van der Waals surface area contributed by atoms with Crippen LogP contribution >= 0.6 is 0 Å². The van der Waals surface area contributed by atoms with Crippen molar-refractivity contribution in [2.24, 2.45) is 0 Å². The largest absolute Gasteiger partial charge is 0.344 e. The van der Waals surface area contributed by atoms with Crippen LogP contribution in [-0.2, 0) is 23.8 Å². The first-order chi connectivity index (χ1) is 7.73. The minimum Gasteiger partial charge on any atom is -0.344 e. The van der Waals surface area contributed by atoms with Gasteiger partial charge in [0.1, 0.15) is 6.10 Å². The van der Waals surface area contributed by atoms with Gasteiger partial charge in [0, 0.05) is 0 Å². The highest BCUT2D eigenvalue weighted by Crippen LogP contribution is 2.30. The molecule has 0 saturated carbocycles. The molecule has 1 fully saturated rings. The van der Waals surface area contributed by atoms with Crippen molar-refractivity contribution in [3.05, 3.63) is 12.7 Å². The van der Waals surface area contributed by atoms with Crippen molar-refractivity contribution in [1.82, 2.24) is 0 Å². The van der Waals surface area contributed by atoms with E-state index in [1.807, 2.05) is 13.8 Å². The van der Waals surface area contributed by atoms with E-state index in [0.29, 0.717) is 12.8 Å². The van der Waals surface area contributed by atoms with Gasteiger partial charge in [-0.15, -0.1) is 6.58 Å². The zero-order chi connectivity index (χ0) is 13.1. The molecule has 6 heteroatoms. The molecule has 1 rings (SSSR count). The maximum Gasteiger partial charge on any atom is 0.264 e. The van der Waals surface area contributed by atoms with Crippen LogP contribution in [-0.4, -0.2) is 39.3 Å². The fourth-order valence-corrected chi connectivity index (χ4v) is 2.20. The van der Waals surface area contributed by atoms with Gasteiger partial charge in [0.15, 0.2) is 5.79 Å². The summed E-state index contributed by atoms with van der Waals surface area (Å²) in [5, 5.41) is 0. The highest BCUT2D eigenvalue weighted by Gasteiger charge is 2.39. The van der Waals surface area contributed by atoms with Crippen molar-refractivity contribution in [1.29, 1.82) is 0 Å². The highest BCUT2D eigenvalue weighted by atomic mass is 32.2. The predicted molar refractivity (Wildman–Crippen MR) is 64.1 cm³/mol. The van der Waals surface area contributed by atoms with Crippen molar-refractivity contribution >= 4 is 10.1 Å². The summed E-state index contributed by atoms with van der Waals surface area (Å²) in [6.45, 7) is 7.55. The molecular formula is C11H20O5S. The van der Waals surface area contributed by atoms with Crippen molar-refractivity contribution in [3.8, 4) is 0 Å². The summed E-state index contributed by atoms with van der Waals surface area (Å²) in [5.74, 6) is -0.610. The van der Waals surface area contributed by atoms with Crippen LogP contribution in [0.5, 0.6) is 0 Å². The van der Waals surface area contributed by atoms with E-state index < -0.39 is 15.9 Å². The van der Waals surface area contributed by atoms with Crippen LogP contribution in [0.25, 0.3) is 0 Å². The molecule has 1 aliphatic heterocycles. The summed E-state index contributed by atoms with van der Waals surface area (Å²) in [6, 6.07) is 0. The van der Waals surface area contributed by atoms with Gasteiger partial charge in [-0.05, 0) is 26.7 Å². The highest BCUT2D eigenvalue weighted by molar-refractivity contribution is 7.85. The van der Waals surface area contributed by atoms with Crippen LogP contribution < -0.4 is 0 Å². The average Bonchev–Trinajstić information content (AvgIpc) is 2.46. The molecule has 0 aliphatic carbocycles. The van der Waals surface area contributed by atoms with E-state index in [0.717, 1.165) is 6.26 Å². The SMILES string of the molecule is C=C[C@H]1OC(C)(C)O[C@H]1CCCOS(C)(=O)=O. The minimum absolute atomic E-state index is 0.0920. The number of hydrogen-bond donors (Lipinski definition) is 0. The Morgan fingerprint density at radius 3 is 2.59 bits per heavy atom. The summed E-state index contributed by atoms with van der Waals surface area (Å²) in [6.07, 6.45) is 3.78. The van der Waals surface area contributed by atoms with Crippen LogP contribution in [0.1, 0.15) is 26.7 Å². The molecule has 1 aliphatic rings. The second-order valence-electron chi connectivity index (χ2n) is 4.54. The number of ether oxygens (including phenoxy) is 2. The molecule has 0 aromatic rings. The average molecular weight is 264 g/mol. The topological polar surface area (TPSA) is 61.8 Å². The van der Waals surface area contributed by atoms with Crippen LogP contribution in [0.15, 0.2) is 12.7 Å². The van der Waals surface area contributed by atoms with Gasteiger partial charge in [-0.1, -0.05) is 6.08 Å². The van der Waals surface area contributed by atoms with Gasteiger partial charge < -0.3 is 9.47 Å². The van der Waals surface area contributed by atoms with Crippen molar-refractivity contribution in [2.75, 3.05) is 12.9 Å². The normalized spacial score (nSPS) is 28.2. The van der Waals surface area contributed by atoms with Gasteiger partial charge in [-0.2, -0.15) is 8.42 Å². The third kappa shape index (κ3) is 5.16. The standard InChI is InChI=1S/C11H20O5S/c1-5-9-10(16-11(2,3)15-9)7-6-8-14-17(4,12)13/h5,9-10H,1,6-8H2,2-4H3/t9-,10+/m1/s1. The minimum atomic E-state index is -3.35. The molecule has 0 N–H and O–H groups in total. The van der Waals surface area contributed by atoms with Gasteiger partial charge in [0.05, 0.1) is 19.0 Å². The zero-order valence-corrected chi connectivity index (χ0v) is 11.3. The second-order valence-corrected chi connectivity index (χ2v) is 6.19. The molecule has 0 unspecified atom stereocenters. The lowest BCUT2D eigenvalue weighted by Crippen LogP contribution is -2.21. The smallest absolute Gasteiger partial charge is 0.264 e. The third-order valence-corrected chi connectivity index (χ3v) is 2.98. The molecule has 100 valence electrons. The molecule has 1 heterocycles. The maximum absolute atomic E-state index is 10.8. The second kappa shape index (κ2) is 5.48. The lowest BCUT2D eigenvalue weighted by molar-refractivity contribution is -0.143. The first-order valence-corrected chi connectivity index (χ1v) is 7.38. The molecule has 0 bridgehead atoms. The Labute approximate surface area is 103 Å². The Hall–Kier alpha value is -0.430. The molecule has 2 atom stereocenters. The van der Waals surface area contributed by atoms with E-state index in [9.17, 15) is 8.42 Å². The van der Waals surface area contributed by atoms with Gasteiger partial charge in [-0.3, -0.25) is 4.18 Å². The Kier molecular flexibility index (Phi) is 4.71. The summed E-state index contributed by atoms with van der Waals surface area (Å²) < 4.78 is 37.5. The van der Waals surface area contributed by atoms with E-state index in [-0.39, 0.29) is 18.8 Å². The van der Waals surface area contributed by atoms with Crippen molar-refractivity contribution < 1.29 is 22.1 Å². The van der Waals surface area contributed by atoms with Gasteiger partial charge >= 0.3 is 0 Å².